The molecule has 1 heterocycles. The van der Waals surface area contributed by atoms with Crippen LogP contribution in [0.25, 0.3) is 0 Å². The highest BCUT2D eigenvalue weighted by atomic mass is 16.4. The van der Waals surface area contributed by atoms with Crippen molar-refractivity contribution in [2.75, 3.05) is 6.54 Å². The van der Waals surface area contributed by atoms with Gasteiger partial charge in [-0.3, -0.25) is 29.0 Å². The van der Waals surface area contributed by atoms with E-state index >= 15 is 0 Å². The molecule has 0 saturated heterocycles. The molecule has 0 bridgehead atoms. The fraction of sp³-hybridized carbons (Fsp3) is 0.542. The summed E-state index contributed by atoms with van der Waals surface area (Å²) in [4.78, 5) is 77.2. The lowest BCUT2D eigenvalue weighted by Crippen LogP contribution is -2.56. The normalized spacial score (nSPS) is 14.0. The molecule has 204 valence electrons. The Bertz CT molecular complexity index is 970. The highest BCUT2D eigenvalue weighted by Crippen LogP contribution is 2.11. The molecule has 1 aromatic heterocycles. The summed E-state index contributed by atoms with van der Waals surface area (Å²) in [6, 6.07) is -0.0468. The predicted molar refractivity (Wildman–Crippen MR) is 133 cm³/mol. The molecule has 13 heteroatoms. The lowest BCUT2D eigenvalue weighted by molar-refractivity contribution is -0.141. The van der Waals surface area contributed by atoms with Gasteiger partial charge in [-0.25, -0.2) is 4.79 Å². The number of pyridine rings is 1. The second kappa shape index (κ2) is 15.2. The number of carbonyl (C=O) groups excluding carboxylic acids is 5. The van der Waals surface area contributed by atoms with Gasteiger partial charge < -0.3 is 32.1 Å². The van der Waals surface area contributed by atoms with Crippen molar-refractivity contribution in [2.24, 2.45) is 17.6 Å². The van der Waals surface area contributed by atoms with Gasteiger partial charge in [-0.05, 0) is 29.9 Å². The Kier molecular flexibility index (Phi) is 12.7. The Morgan fingerprint density at radius 2 is 1.70 bits per heavy atom. The van der Waals surface area contributed by atoms with Crippen LogP contribution in [0.1, 0.15) is 46.1 Å². The van der Waals surface area contributed by atoms with Crippen LogP contribution in [-0.2, 0) is 30.4 Å². The maximum absolute atomic E-state index is 12.9. The van der Waals surface area contributed by atoms with E-state index < -0.39 is 66.1 Å². The van der Waals surface area contributed by atoms with Crippen LogP contribution in [0.2, 0.25) is 0 Å². The van der Waals surface area contributed by atoms with Crippen LogP contribution in [0.4, 0.5) is 4.79 Å². The third-order valence-corrected chi connectivity index (χ3v) is 5.59. The second-order valence-corrected chi connectivity index (χ2v) is 9.14. The lowest BCUT2D eigenvalue weighted by Gasteiger charge is -2.26. The molecule has 1 aromatic rings. The maximum Gasteiger partial charge on any atom is 0.405 e. The van der Waals surface area contributed by atoms with Crippen molar-refractivity contribution in [1.82, 2.24) is 26.3 Å². The molecule has 0 saturated carbocycles. The molecule has 0 spiro atoms. The number of amides is 5. The largest absolute Gasteiger partial charge is 0.465 e. The Morgan fingerprint density at radius 3 is 2.22 bits per heavy atom. The number of ketones is 1. The summed E-state index contributed by atoms with van der Waals surface area (Å²) in [5.41, 5.74) is 6.02. The maximum atomic E-state index is 12.9. The number of hydrogen-bond donors (Lipinski definition) is 6. The average Bonchev–Trinajstić information content (AvgIpc) is 2.83. The van der Waals surface area contributed by atoms with E-state index in [1.54, 1.807) is 46.0 Å². The van der Waals surface area contributed by atoms with Gasteiger partial charge in [0.15, 0.2) is 0 Å². The number of rotatable bonds is 15. The number of nitrogens with two attached hydrogens (primary N) is 1. The molecular formula is C24H36N6O7. The summed E-state index contributed by atoms with van der Waals surface area (Å²) in [7, 11) is 0. The first-order valence-electron chi connectivity index (χ1n) is 11.9. The van der Waals surface area contributed by atoms with Crippen LogP contribution in [0.3, 0.4) is 0 Å². The van der Waals surface area contributed by atoms with Crippen molar-refractivity contribution in [1.29, 1.82) is 0 Å². The second-order valence-electron chi connectivity index (χ2n) is 9.14. The van der Waals surface area contributed by atoms with E-state index in [1.807, 2.05) is 0 Å². The minimum absolute atomic E-state index is 0.0236. The number of nitrogens with one attached hydrogen (secondary N) is 4. The van der Waals surface area contributed by atoms with E-state index in [1.165, 1.54) is 6.20 Å². The van der Waals surface area contributed by atoms with Gasteiger partial charge in [0, 0.05) is 18.8 Å². The van der Waals surface area contributed by atoms with Crippen LogP contribution in [-0.4, -0.2) is 70.3 Å². The third kappa shape index (κ3) is 11.1. The molecule has 4 atom stereocenters. The predicted octanol–water partition coefficient (Wildman–Crippen LogP) is -0.507. The zero-order chi connectivity index (χ0) is 28.1. The average molecular weight is 521 g/mol. The van der Waals surface area contributed by atoms with E-state index in [9.17, 15) is 28.8 Å². The summed E-state index contributed by atoms with van der Waals surface area (Å²) >= 11 is 0. The molecular weight excluding hydrogens is 484 g/mol. The first-order valence-corrected chi connectivity index (χ1v) is 11.9. The van der Waals surface area contributed by atoms with Crippen LogP contribution in [0.5, 0.6) is 0 Å². The smallest absolute Gasteiger partial charge is 0.405 e. The Labute approximate surface area is 215 Å². The summed E-state index contributed by atoms with van der Waals surface area (Å²) in [6.07, 6.45) is 2.38. The van der Waals surface area contributed by atoms with Gasteiger partial charge in [0.05, 0.1) is 12.6 Å². The van der Waals surface area contributed by atoms with Gasteiger partial charge in [-0.2, -0.15) is 0 Å². The summed E-state index contributed by atoms with van der Waals surface area (Å²) in [6.45, 7) is 6.41. The number of carbonyl (C=O) groups is 6. The molecule has 0 aliphatic carbocycles. The Morgan fingerprint density at radius 1 is 1.03 bits per heavy atom. The molecule has 1 rings (SSSR count). The van der Waals surface area contributed by atoms with Gasteiger partial charge >= 0.3 is 6.09 Å². The Balaban J connectivity index is 2.81. The monoisotopic (exact) mass is 520 g/mol. The van der Waals surface area contributed by atoms with Crippen molar-refractivity contribution in [2.45, 2.75) is 65.1 Å². The third-order valence-electron chi connectivity index (χ3n) is 5.59. The zero-order valence-corrected chi connectivity index (χ0v) is 21.4. The molecule has 13 nitrogen and oxygen atoms in total. The molecule has 4 unspecified atom stereocenters. The molecule has 0 aliphatic heterocycles. The zero-order valence-electron chi connectivity index (χ0n) is 21.4. The standard InChI is InChI=1S/C24H36N6O7/c1-5-14(4)19(30-22(34)17(9-13(2)3)29-24(36)37)20(32)23(35)27-12-18(31)28-16(21(25)33)10-15-7-6-8-26-11-15/h6-8,11,13-14,16-17,19,29H,5,9-10,12H2,1-4H3,(H2,25,33)(H,27,35)(H,28,31)(H,30,34)(H,36,37). The van der Waals surface area contributed by atoms with Crippen LogP contribution >= 0.6 is 0 Å². The van der Waals surface area contributed by atoms with Crippen molar-refractivity contribution in [3.8, 4) is 0 Å². The summed E-state index contributed by atoms with van der Waals surface area (Å²) < 4.78 is 0. The van der Waals surface area contributed by atoms with E-state index in [0.717, 1.165) is 0 Å². The number of Topliss-reactive ketones (excluding diaryl/α,β-unsaturated/α-hetero) is 1. The van der Waals surface area contributed by atoms with Gasteiger partial charge in [0.2, 0.25) is 23.5 Å². The van der Waals surface area contributed by atoms with E-state index in [0.29, 0.717) is 12.0 Å². The molecule has 0 fully saturated rings. The topological polar surface area (TPSA) is 210 Å². The van der Waals surface area contributed by atoms with Gasteiger partial charge in [0.1, 0.15) is 12.1 Å². The summed E-state index contributed by atoms with van der Waals surface area (Å²) in [5, 5.41) is 18.2. The number of nitrogens with zero attached hydrogens (tertiary/aromatic N) is 1. The van der Waals surface area contributed by atoms with Crippen LogP contribution in [0.15, 0.2) is 24.5 Å². The summed E-state index contributed by atoms with van der Waals surface area (Å²) in [5.74, 6) is -4.86. The van der Waals surface area contributed by atoms with Crippen LogP contribution in [0, 0.1) is 11.8 Å². The van der Waals surface area contributed by atoms with E-state index in [-0.39, 0.29) is 18.8 Å². The molecule has 0 aromatic carbocycles. The fourth-order valence-corrected chi connectivity index (χ4v) is 3.42. The van der Waals surface area contributed by atoms with E-state index in [4.69, 9.17) is 10.8 Å². The molecule has 0 aliphatic rings. The molecule has 0 radical (unpaired) electrons. The number of primary amides is 1. The van der Waals surface area contributed by atoms with Crippen molar-refractivity contribution in [3.63, 3.8) is 0 Å². The number of aromatic nitrogens is 1. The highest BCUT2D eigenvalue weighted by molar-refractivity contribution is 6.38. The number of carboxylic acid groups (broad SMARTS) is 1. The van der Waals surface area contributed by atoms with E-state index in [2.05, 4.69) is 26.3 Å². The lowest BCUT2D eigenvalue weighted by atomic mass is 9.94. The first-order chi connectivity index (χ1) is 17.3. The fourth-order valence-electron chi connectivity index (χ4n) is 3.42. The van der Waals surface area contributed by atoms with Crippen molar-refractivity contribution >= 4 is 35.5 Å². The quantitative estimate of drug-likeness (QED) is 0.165. The highest BCUT2D eigenvalue weighted by Gasteiger charge is 2.33. The minimum Gasteiger partial charge on any atom is -0.465 e. The van der Waals surface area contributed by atoms with Gasteiger partial charge in [-0.1, -0.05) is 40.2 Å². The first kappa shape index (κ1) is 31.0. The van der Waals surface area contributed by atoms with Gasteiger partial charge in [0.25, 0.3) is 5.91 Å². The van der Waals surface area contributed by atoms with Crippen molar-refractivity contribution in [3.05, 3.63) is 30.1 Å². The number of hydrogen-bond acceptors (Lipinski definition) is 7. The molecule has 7 N–H and O–H groups in total. The Hall–Kier alpha value is -4.03. The van der Waals surface area contributed by atoms with Gasteiger partial charge in [-0.15, -0.1) is 0 Å². The van der Waals surface area contributed by atoms with Crippen molar-refractivity contribution < 1.29 is 33.9 Å². The SMILES string of the molecule is CCC(C)C(NC(=O)C(CC(C)C)NC(=O)O)C(=O)C(=O)NCC(=O)NC(Cc1cccnc1)C(N)=O. The molecule has 5 amide bonds. The molecule has 37 heavy (non-hydrogen) atoms. The minimum atomic E-state index is -1.39. The van der Waals surface area contributed by atoms with Crippen LogP contribution < -0.4 is 27.0 Å².